The zero-order valence-corrected chi connectivity index (χ0v) is 16.7. The van der Waals surface area contributed by atoms with Crippen LogP contribution in [0.25, 0.3) is 11.3 Å². The lowest BCUT2D eigenvalue weighted by Gasteiger charge is -2.06. The van der Waals surface area contributed by atoms with Gasteiger partial charge in [-0.05, 0) is 37.3 Å². The van der Waals surface area contributed by atoms with Gasteiger partial charge in [-0.25, -0.2) is 4.79 Å². The van der Waals surface area contributed by atoms with Gasteiger partial charge in [0.05, 0.1) is 16.7 Å². The van der Waals surface area contributed by atoms with E-state index >= 15 is 0 Å². The summed E-state index contributed by atoms with van der Waals surface area (Å²) in [7, 11) is 0. The molecule has 144 valence electrons. The molecule has 1 heterocycles. The van der Waals surface area contributed by atoms with Crippen LogP contribution >= 0.6 is 34.8 Å². The van der Waals surface area contributed by atoms with E-state index in [1.54, 1.807) is 31.2 Å². The van der Waals surface area contributed by atoms with Gasteiger partial charge >= 0.3 is 5.97 Å². The van der Waals surface area contributed by atoms with Crippen molar-refractivity contribution in [3.63, 3.8) is 0 Å². The average molecular weight is 440 g/mol. The van der Waals surface area contributed by atoms with E-state index < -0.39 is 11.9 Å². The first kappa shape index (κ1) is 20.2. The van der Waals surface area contributed by atoms with Gasteiger partial charge in [0.1, 0.15) is 5.69 Å². The number of carbonyl (C=O) groups is 2. The van der Waals surface area contributed by atoms with Gasteiger partial charge in [0, 0.05) is 16.1 Å². The normalized spacial score (nSPS) is 10.6. The number of rotatable bonds is 5. The van der Waals surface area contributed by atoms with Gasteiger partial charge in [-0.1, -0.05) is 52.1 Å². The molecule has 1 aromatic heterocycles. The number of ether oxygens (including phenoxy) is 1. The summed E-state index contributed by atoms with van der Waals surface area (Å²) < 4.78 is 10.3. The van der Waals surface area contributed by atoms with Crippen LogP contribution in [0.15, 0.2) is 47.0 Å². The summed E-state index contributed by atoms with van der Waals surface area (Å²) in [6.07, 6.45) is 0. The van der Waals surface area contributed by atoms with Crippen LogP contribution in [0.5, 0.6) is 0 Å². The van der Waals surface area contributed by atoms with E-state index in [9.17, 15) is 9.59 Å². The largest absolute Gasteiger partial charge is 0.462 e. The van der Waals surface area contributed by atoms with E-state index in [4.69, 9.17) is 44.1 Å². The third-order valence-electron chi connectivity index (χ3n) is 3.70. The van der Waals surface area contributed by atoms with Crippen LogP contribution in [0, 0.1) is 0 Å². The van der Waals surface area contributed by atoms with Crippen molar-refractivity contribution in [2.24, 2.45) is 0 Å². The van der Waals surface area contributed by atoms with Crippen LogP contribution in [0.2, 0.25) is 15.1 Å². The monoisotopic (exact) mass is 438 g/mol. The number of anilines is 1. The third kappa shape index (κ3) is 4.30. The molecular weight excluding hydrogens is 427 g/mol. The SMILES string of the molecule is CCOC(=O)c1c(-c2ccc(Cl)cc2)noc1NC(=O)c1ccc(Cl)c(Cl)c1. The Kier molecular flexibility index (Phi) is 6.24. The maximum atomic E-state index is 12.5. The summed E-state index contributed by atoms with van der Waals surface area (Å²) >= 11 is 17.7. The molecule has 0 saturated carbocycles. The number of carbonyl (C=O) groups excluding carboxylic acids is 2. The fourth-order valence-electron chi connectivity index (χ4n) is 2.39. The zero-order chi connectivity index (χ0) is 20.3. The number of amides is 1. The predicted octanol–water partition coefficient (Wildman–Crippen LogP) is 5.73. The topological polar surface area (TPSA) is 81.4 Å². The highest BCUT2D eigenvalue weighted by Crippen LogP contribution is 2.31. The van der Waals surface area contributed by atoms with E-state index in [0.29, 0.717) is 15.6 Å². The molecule has 0 atom stereocenters. The first-order valence-electron chi connectivity index (χ1n) is 8.09. The van der Waals surface area contributed by atoms with E-state index in [1.807, 2.05) is 0 Å². The summed E-state index contributed by atoms with van der Waals surface area (Å²) in [6.45, 7) is 1.81. The molecule has 28 heavy (non-hydrogen) atoms. The first-order chi connectivity index (χ1) is 13.4. The summed E-state index contributed by atoms with van der Waals surface area (Å²) in [5.41, 5.74) is 1.03. The van der Waals surface area contributed by atoms with Gasteiger partial charge in [0.15, 0.2) is 5.56 Å². The van der Waals surface area contributed by atoms with Crippen molar-refractivity contribution in [2.45, 2.75) is 6.92 Å². The molecule has 1 N–H and O–H groups in total. The molecule has 0 fully saturated rings. The fraction of sp³-hybridized carbons (Fsp3) is 0.105. The molecule has 0 spiro atoms. The van der Waals surface area contributed by atoms with Gasteiger partial charge in [0.25, 0.3) is 5.91 Å². The number of aromatic nitrogens is 1. The van der Waals surface area contributed by atoms with Gasteiger partial charge in [0.2, 0.25) is 5.88 Å². The van der Waals surface area contributed by atoms with Crippen LogP contribution in [-0.2, 0) is 4.74 Å². The quantitative estimate of drug-likeness (QED) is 0.513. The number of benzene rings is 2. The molecule has 6 nitrogen and oxygen atoms in total. The fourth-order valence-corrected chi connectivity index (χ4v) is 2.81. The van der Waals surface area contributed by atoms with E-state index in [-0.39, 0.29) is 34.3 Å². The number of nitrogens with zero attached hydrogens (tertiary/aromatic N) is 1. The van der Waals surface area contributed by atoms with E-state index in [0.717, 1.165) is 0 Å². The Bertz CT molecular complexity index is 1030. The molecule has 1 amide bonds. The molecule has 0 radical (unpaired) electrons. The van der Waals surface area contributed by atoms with Crippen molar-refractivity contribution in [1.29, 1.82) is 0 Å². The minimum atomic E-state index is -0.682. The lowest BCUT2D eigenvalue weighted by atomic mass is 10.1. The van der Waals surface area contributed by atoms with Gasteiger partial charge < -0.3 is 9.26 Å². The zero-order valence-electron chi connectivity index (χ0n) is 14.5. The third-order valence-corrected chi connectivity index (χ3v) is 4.69. The van der Waals surface area contributed by atoms with Crippen molar-refractivity contribution in [2.75, 3.05) is 11.9 Å². The molecule has 0 aliphatic rings. The minimum Gasteiger partial charge on any atom is -0.462 e. The Balaban J connectivity index is 1.98. The lowest BCUT2D eigenvalue weighted by molar-refractivity contribution is 0.0528. The molecule has 0 aliphatic heterocycles. The summed E-state index contributed by atoms with van der Waals surface area (Å²) in [5.74, 6) is -1.37. The van der Waals surface area contributed by atoms with Gasteiger partial charge in [-0.2, -0.15) is 0 Å². The molecule has 3 rings (SSSR count). The Morgan fingerprint density at radius 3 is 2.43 bits per heavy atom. The smallest absolute Gasteiger partial charge is 0.346 e. The molecule has 3 aromatic rings. The van der Waals surface area contributed by atoms with Crippen LogP contribution in [0.4, 0.5) is 5.88 Å². The molecule has 0 bridgehead atoms. The van der Waals surface area contributed by atoms with Crippen molar-refractivity contribution in [1.82, 2.24) is 5.16 Å². The van der Waals surface area contributed by atoms with E-state index in [2.05, 4.69) is 10.5 Å². The first-order valence-corrected chi connectivity index (χ1v) is 9.23. The van der Waals surface area contributed by atoms with Crippen molar-refractivity contribution < 1.29 is 18.8 Å². The Morgan fingerprint density at radius 1 is 1.07 bits per heavy atom. The summed E-state index contributed by atoms with van der Waals surface area (Å²) in [6, 6.07) is 11.0. The number of hydrogen-bond acceptors (Lipinski definition) is 5. The second-order valence-corrected chi connectivity index (χ2v) is 6.80. The van der Waals surface area contributed by atoms with E-state index in [1.165, 1.54) is 18.2 Å². The summed E-state index contributed by atoms with van der Waals surface area (Å²) in [4.78, 5) is 25.0. The Morgan fingerprint density at radius 2 is 1.79 bits per heavy atom. The Labute approximate surface area is 175 Å². The predicted molar refractivity (Wildman–Crippen MR) is 107 cm³/mol. The van der Waals surface area contributed by atoms with Crippen LogP contribution in [0.1, 0.15) is 27.6 Å². The van der Waals surface area contributed by atoms with Crippen molar-refractivity contribution in [3.8, 4) is 11.3 Å². The molecule has 0 unspecified atom stereocenters. The minimum absolute atomic E-state index is 0.00224. The molecule has 9 heteroatoms. The highest BCUT2D eigenvalue weighted by molar-refractivity contribution is 6.42. The second kappa shape index (κ2) is 8.65. The van der Waals surface area contributed by atoms with Gasteiger partial charge in [-0.3, -0.25) is 10.1 Å². The number of nitrogens with one attached hydrogen (secondary N) is 1. The maximum Gasteiger partial charge on any atom is 0.346 e. The highest BCUT2D eigenvalue weighted by Gasteiger charge is 2.27. The molecule has 0 aliphatic carbocycles. The van der Waals surface area contributed by atoms with Crippen molar-refractivity contribution >= 4 is 52.6 Å². The number of halogens is 3. The van der Waals surface area contributed by atoms with Crippen molar-refractivity contribution in [3.05, 3.63) is 68.7 Å². The van der Waals surface area contributed by atoms with Crippen LogP contribution < -0.4 is 5.32 Å². The van der Waals surface area contributed by atoms with Gasteiger partial charge in [-0.15, -0.1) is 0 Å². The lowest BCUT2D eigenvalue weighted by Crippen LogP contribution is -2.15. The standard InChI is InChI=1S/C19H13Cl3N2O4/c1-2-27-19(26)15-16(10-3-6-12(20)7-4-10)24-28-18(15)23-17(25)11-5-8-13(21)14(22)9-11/h3-9H,2H2,1H3,(H,23,25). The molecule has 2 aromatic carbocycles. The average Bonchev–Trinajstić information content (AvgIpc) is 3.08. The maximum absolute atomic E-state index is 12.5. The second-order valence-electron chi connectivity index (χ2n) is 5.55. The van der Waals surface area contributed by atoms with Crippen LogP contribution in [0.3, 0.4) is 0 Å². The van der Waals surface area contributed by atoms with Crippen LogP contribution in [-0.4, -0.2) is 23.6 Å². The number of esters is 1. The summed E-state index contributed by atoms with van der Waals surface area (Å²) in [5, 5.41) is 7.50. The Hall–Kier alpha value is -2.54. The molecule has 0 saturated heterocycles. The molecular formula is C19H13Cl3N2O4. The highest BCUT2D eigenvalue weighted by atomic mass is 35.5. The number of hydrogen-bond donors (Lipinski definition) is 1.